The predicted octanol–water partition coefficient (Wildman–Crippen LogP) is 6.53. The first-order valence-corrected chi connectivity index (χ1v) is 9.73. The van der Waals surface area contributed by atoms with Crippen LogP contribution in [0.15, 0.2) is 77.3 Å². The van der Waals surface area contributed by atoms with E-state index in [2.05, 4.69) is 58.5 Å². The Bertz CT molecular complexity index is 837. The summed E-state index contributed by atoms with van der Waals surface area (Å²) < 4.78 is 7.09. The summed E-state index contributed by atoms with van der Waals surface area (Å²) in [5.74, 6) is 0.885. The first kappa shape index (κ1) is 19.0. The molecule has 0 bridgehead atoms. The van der Waals surface area contributed by atoms with E-state index in [-0.39, 0.29) is 6.04 Å². The molecule has 134 valence electrons. The maximum atomic E-state index is 6.05. The maximum Gasteiger partial charge on any atom is 0.124 e. The molecule has 0 aliphatic carbocycles. The van der Waals surface area contributed by atoms with Gasteiger partial charge in [0.1, 0.15) is 12.4 Å². The molecule has 2 nitrogen and oxygen atoms in total. The zero-order valence-corrected chi connectivity index (χ0v) is 16.9. The largest absolute Gasteiger partial charge is 0.489 e. The van der Waals surface area contributed by atoms with Crippen LogP contribution in [-0.2, 0) is 13.2 Å². The van der Waals surface area contributed by atoms with Crippen LogP contribution in [-0.4, -0.2) is 0 Å². The van der Waals surface area contributed by atoms with Crippen molar-refractivity contribution in [3.63, 3.8) is 0 Å². The van der Waals surface area contributed by atoms with Gasteiger partial charge in [0.2, 0.25) is 0 Å². The molecule has 0 saturated heterocycles. The molecule has 0 unspecified atom stereocenters. The van der Waals surface area contributed by atoms with Gasteiger partial charge in [0, 0.05) is 27.6 Å². The van der Waals surface area contributed by atoms with Gasteiger partial charge in [-0.15, -0.1) is 0 Å². The summed E-state index contributed by atoms with van der Waals surface area (Å²) in [6.45, 7) is 3.41. The van der Waals surface area contributed by atoms with Crippen LogP contribution in [0.3, 0.4) is 0 Å². The topological polar surface area (TPSA) is 21.3 Å². The van der Waals surface area contributed by atoms with Crippen LogP contribution in [0.2, 0.25) is 5.02 Å². The van der Waals surface area contributed by atoms with Crippen LogP contribution in [0.25, 0.3) is 0 Å². The highest BCUT2D eigenvalue weighted by Gasteiger charge is 2.09. The Labute approximate surface area is 168 Å². The first-order chi connectivity index (χ1) is 12.6. The van der Waals surface area contributed by atoms with Gasteiger partial charge in [0.05, 0.1) is 0 Å². The monoisotopic (exact) mass is 429 g/mol. The fourth-order valence-corrected chi connectivity index (χ4v) is 3.23. The molecule has 0 aliphatic rings. The van der Waals surface area contributed by atoms with Gasteiger partial charge < -0.3 is 10.1 Å². The Morgan fingerprint density at radius 3 is 2.46 bits per heavy atom. The maximum absolute atomic E-state index is 6.05. The lowest BCUT2D eigenvalue weighted by atomic mass is 10.1. The molecule has 26 heavy (non-hydrogen) atoms. The van der Waals surface area contributed by atoms with Gasteiger partial charge in [0.15, 0.2) is 0 Å². The zero-order valence-electron chi connectivity index (χ0n) is 14.6. The van der Waals surface area contributed by atoms with Crippen molar-refractivity contribution in [1.82, 2.24) is 5.32 Å². The number of hydrogen-bond acceptors (Lipinski definition) is 2. The lowest BCUT2D eigenvalue weighted by Gasteiger charge is -2.17. The highest BCUT2D eigenvalue weighted by molar-refractivity contribution is 9.10. The number of halogens is 2. The molecule has 1 N–H and O–H groups in total. The Hall–Kier alpha value is -1.81. The average Bonchev–Trinajstić information content (AvgIpc) is 2.67. The quantitative estimate of drug-likeness (QED) is 0.460. The lowest BCUT2D eigenvalue weighted by Crippen LogP contribution is -2.18. The minimum atomic E-state index is 0.263. The highest BCUT2D eigenvalue weighted by atomic mass is 79.9. The minimum absolute atomic E-state index is 0.263. The Morgan fingerprint density at radius 1 is 1.00 bits per heavy atom. The Kier molecular flexibility index (Phi) is 6.73. The molecule has 0 spiro atoms. The van der Waals surface area contributed by atoms with E-state index in [4.69, 9.17) is 16.3 Å². The van der Waals surface area contributed by atoms with Gasteiger partial charge in [-0.25, -0.2) is 0 Å². The summed E-state index contributed by atoms with van der Waals surface area (Å²) in [6.07, 6.45) is 0. The SMILES string of the molecule is C[C@@H](NCc1cc(Br)ccc1OCc1ccc(Cl)cc1)c1ccccc1. The molecule has 3 aromatic rings. The number of benzene rings is 3. The molecule has 0 saturated carbocycles. The van der Waals surface area contributed by atoms with Crippen molar-refractivity contribution in [3.05, 3.63) is 99.0 Å². The molecular formula is C22H21BrClNO. The molecule has 0 radical (unpaired) electrons. The van der Waals surface area contributed by atoms with Crippen molar-refractivity contribution in [3.8, 4) is 5.75 Å². The van der Waals surface area contributed by atoms with Crippen molar-refractivity contribution in [2.75, 3.05) is 0 Å². The summed E-state index contributed by atoms with van der Waals surface area (Å²) in [4.78, 5) is 0. The molecule has 3 rings (SSSR count). The third kappa shape index (κ3) is 5.34. The van der Waals surface area contributed by atoms with E-state index >= 15 is 0 Å². The van der Waals surface area contributed by atoms with E-state index < -0.39 is 0 Å². The molecule has 0 amide bonds. The van der Waals surface area contributed by atoms with Gasteiger partial charge >= 0.3 is 0 Å². The second kappa shape index (κ2) is 9.22. The summed E-state index contributed by atoms with van der Waals surface area (Å²) in [6, 6.07) is 24.5. The molecular weight excluding hydrogens is 410 g/mol. The number of nitrogens with one attached hydrogen (secondary N) is 1. The molecule has 3 aromatic carbocycles. The smallest absolute Gasteiger partial charge is 0.124 e. The fourth-order valence-electron chi connectivity index (χ4n) is 2.69. The molecule has 0 fully saturated rings. The fraction of sp³-hybridized carbons (Fsp3) is 0.182. The summed E-state index contributed by atoms with van der Waals surface area (Å²) in [7, 11) is 0. The van der Waals surface area contributed by atoms with Crippen LogP contribution in [0, 0.1) is 0 Å². The van der Waals surface area contributed by atoms with E-state index in [1.807, 2.05) is 42.5 Å². The Morgan fingerprint density at radius 2 is 1.73 bits per heavy atom. The van der Waals surface area contributed by atoms with Gasteiger partial charge in [-0.2, -0.15) is 0 Å². The number of hydrogen-bond donors (Lipinski definition) is 1. The van der Waals surface area contributed by atoms with E-state index in [1.165, 1.54) is 5.56 Å². The highest BCUT2D eigenvalue weighted by Crippen LogP contribution is 2.25. The molecule has 0 aliphatic heterocycles. The second-order valence-electron chi connectivity index (χ2n) is 6.18. The van der Waals surface area contributed by atoms with E-state index in [0.29, 0.717) is 6.61 Å². The second-order valence-corrected chi connectivity index (χ2v) is 7.53. The standard InChI is InChI=1S/C22H21BrClNO/c1-16(18-5-3-2-4-6-18)25-14-19-13-20(23)9-12-22(19)26-15-17-7-10-21(24)11-8-17/h2-13,16,25H,14-15H2,1H3/t16-/m1/s1. The molecule has 0 aromatic heterocycles. The summed E-state index contributed by atoms with van der Waals surface area (Å²) in [5, 5.41) is 4.30. The number of ether oxygens (including phenoxy) is 1. The van der Waals surface area contributed by atoms with E-state index in [9.17, 15) is 0 Å². The first-order valence-electron chi connectivity index (χ1n) is 8.56. The zero-order chi connectivity index (χ0) is 18.4. The molecule has 4 heteroatoms. The van der Waals surface area contributed by atoms with Gasteiger partial charge in [-0.3, -0.25) is 0 Å². The van der Waals surface area contributed by atoms with Crippen molar-refractivity contribution < 1.29 is 4.74 Å². The van der Waals surface area contributed by atoms with Crippen LogP contribution < -0.4 is 10.1 Å². The predicted molar refractivity (Wildman–Crippen MR) is 112 cm³/mol. The van der Waals surface area contributed by atoms with Gasteiger partial charge in [0.25, 0.3) is 0 Å². The summed E-state index contributed by atoms with van der Waals surface area (Å²) in [5.41, 5.74) is 3.48. The van der Waals surface area contributed by atoms with Crippen molar-refractivity contribution in [2.24, 2.45) is 0 Å². The van der Waals surface area contributed by atoms with E-state index in [1.54, 1.807) is 0 Å². The van der Waals surface area contributed by atoms with Crippen LogP contribution in [0.5, 0.6) is 5.75 Å². The Balaban J connectivity index is 1.66. The van der Waals surface area contributed by atoms with Gasteiger partial charge in [-0.05, 0) is 48.4 Å². The van der Waals surface area contributed by atoms with Crippen molar-refractivity contribution in [2.45, 2.75) is 26.1 Å². The third-order valence-electron chi connectivity index (χ3n) is 4.23. The lowest BCUT2D eigenvalue weighted by molar-refractivity contribution is 0.301. The third-order valence-corrected chi connectivity index (χ3v) is 4.97. The average molecular weight is 431 g/mol. The van der Waals surface area contributed by atoms with Crippen molar-refractivity contribution in [1.29, 1.82) is 0 Å². The van der Waals surface area contributed by atoms with E-state index in [0.717, 1.165) is 32.9 Å². The van der Waals surface area contributed by atoms with Crippen LogP contribution in [0.1, 0.15) is 29.7 Å². The normalized spacial score (nSPS) is 12.0. The van der Waals surface area contributed by atoms with Crippen LogP contribution >= 0.6 is 27.5 Å². The summed E-state index contributed by atoms with van der Waals surface area (Å²) >= 11 is 9.49. The van der Waals surface area contributed by atoms with Crippen molar-refractivity contribution >= 4 is 27.5 Å². The van der Waals surface area contributed by atoms with Gasteiger partial charge in [-0.1, -0.05) is 70.0 Å². The van der Waals surface area contributed by atoms with Crippen LogP contribution in [0.4, 0.5) is 0 Å². The minimum Gasteiger partial charge on any atom is -0.489 e. The molecule has 1 atom stereocenters. The number of rotatable bonds is 7. The molecule has 0 heterocycles.